The first-order valence-electron chi connectivity index (χ1n) is 5.65. The highest BCUT2D eigenvalue weighted by atomic mass is 32.2. The highest BCUT2D eigenvalue weighted by molar-refractivity contribution is 7.90. The van der Waals surface area contributed by atoms with Crippen LogP contribution in [0.1, 0.15) is 10.4 Å². The Kier molecular flexibility index (Phi) is 3.68. The molecule has 0 aromatic heterocycles. The molecular weight excluding hydrogens is 254 g/mol. The fourth-order valence-corrected chi connectivity index (χ4v) is 2.48. The number of nitrogens with zero attached hydrogens (tertiary/aromatic N) is 1. The van der Waals surface area contributed by atoms with E-state index in [9.17, 15) is 13.2 Å². The van der Waals surface area contributed by atoms with Gasteiger partial charge in [-0.15, -0.1) is 0 Å². The number of carbonyl (C=O) groups is 1. The monoisotopic (exact) mass is 269 g/mol. The van der Waals surface area contributed by atoms with E-state index < -0.39 is 9.84 Å². The van der Waals surface area contributed by atoms with Crippen LogP contribution < -0.4 is 0 Å². The minimum atomic E-state index is -3.28. The van der Waals surface area contributed by atoms with Crippen molar-refractivity contribution >= 4 is 15.7 Å². The van der Waals surface area contributed by atoms with Crippen LogP contribution in [0.4, 0.5) is 0 Å². The first kappa shape index (κ1) is 13.0. The summed E-state index contributed by atoms with van der Waals surface area (Å²) in [7, 11) is -3.28. The molecule has 0 aliphatic carbocycles. The van der Waals surface area contributed by atoms with Crippen molar-refractivity contribution in [2.45, 2.75) is 4.90 Å². The molecule has 1 aromatic carbocycles. The molecule has 0 bridgehead atoms. The van der Waals surface area contributed by atoms with Crippen LogP contribution in [0.5, 0.6) is 0 Å². The van der Waals surface area contributed by atoms with Crippen molar-refractivity contribution in [3.8, 4) is 0 Å². The molecule has 1 aromatic rings. The van der Waals surface area contributed by atoms with Crippen molar-refractivity contribution in [3.63, 3.8) is 0 Å². The number of rotatable bonds is 2. The van der Waals surface area contributed by atoms with E-state index >= 15 is 0 Å². The van der Waals surface area contributed by atoms with E-state index in [0.717, 1.165) is 6.26 Å². The van der Waals surface area contributed by atoms with Crippen LogP contribution in [0.15, 0.2) is 29.2 Å². The third-order valence-electron chi connectivity index (χ3n) is 2.81. The van der Waals surface area contributed by atoms with Crippen molar-refractivity contribution < 1.29 is 17.9 Å². The van der Waals surface area contributed by atoms with Gasteiger partial charge >= 0.3 is 0 Å². The summed E-state index contributed by atoms with van der Waals surface area (Å²) in [6, 6.07) is 6.13. The molecule has 18 heavy (non-hydrogen) atoms. The van der Waals surface area contributed by atoms with Gasteiger partial charge in [-0.3, -0.25) is 4.79 Å². The molecular formula is C12H15NO4S. The van der Waals surface area contributed by atoms with Crippen LogP contribution in [-0.2, 0) is 14.6 Å². The van der Waals surface area contributed by atoms with E-state index in [-0.39, 0.29) is 10.8 Å². The standard InChI is InChI=1S/C12H15NO4S/c1-18(15,16)11-4-2-3-10(9-11)12(14)13-5-7-17-8-6-13/h2-4,9H,5-8H2,1H3. The second-order valence-electron chi connectivity index (χ2n) is 4.20. The third-order valence-corrected chi connectivity index (χ3v) is 3.92. The second-order valence-corrected chi connectivity index (χ2v) is 6.22. The zero-order valence-corrected chi connectivity index (χ0v) is 10.9. The Hall–Kier alpha value is -1.40. The largest absolute Gasteiger partial charge is 0.378 e. The number of hydrogen-bond acceptors (Lipinski definition) is 4. The van der Waals surface area contributed by atoms with Gasteiger partial charge in [0.2, 0.25) is 0 Å². The Bertz CT molecular complexity index is 547. The Morgan fingerprint density at radius 1 is 1.28 bits per heavy atom. The highest BCUT2D eigenvalue weighted by Crippen LogP contribution is 2.14. The van der Waals surface area contributed by atoms with Crippen LogP contribution in [0.25, 0.3) is 0 Å². The summed E-state index contributed by atoms with van der Waals surface area (Å²) >= 11 is 0. The van der Waals surface area contributed by atoms with Crippen molar-refractivity contribution in [3.05, 3.63) is 29.8 Å². The zero-order chi connectivity index (χ0) is 13.2. The first-order valence-corrected chi connectivity index (χ1v) is 7.55. The Labute approximate surface area is 106 Å². The lowest BCUT2D eigenvalue weighted by atomic mass is 10.2. The fourth-order valence-electron chi connectivity index (χ4n) is 1.81. The molecule has 1 heterocycles. The summed E-state index contributed by atoms with van der Waals surface area (Å²) in [4.78, 5) is 14.0. The summed E-state index contributed by atoms with van der Waals surface area (Å²) in [6.07, 6.45) is 1.13. The molecule has 1 fully saturated rings. The van der Waals surface area contributed by atoms with Gasteiger partial charge in [0.1, 0.15) is 0 Å². The average Bonchev–Trinajstić information content (AvgIpc) is 2.38. The number of hydrogen-bond donors (Lipinski definition) is 0. The summed E-state index contributed by atoms with van der Waals surface area (Å²) in [6.45, 7) is 2.14. The number of carbonyl (C=O) groups excluding carboxylic acids is 1. The molecule has 0 N–H and O–H groups in total. The predicted molar refractivity (Wildman–Crippen MR) is 66.3 cm³/mol. The molecule has 2 rings (SSSR count). The number of benzene rings is 1. The van der Waals surface area contributed by atoms with Gasteiger partial charge in [0.05, 0.1) is 18.1 Å². The number of ether oxygens (including phenoxy) is 1. The molecule has 0 saturated carbocycles. The van der Waals surface area contributed by atoms with Crippen molar-refractivity contribution in [1.29, 1.82) is 0 Å². The third kappa shape index (κ3) is 2.88. The lowest BCUT2D eigenvalue weighted by molar-refractivity contribution is 0.0302. The molecule has 0 atom stereocenters. The second kappa shape index (κ2) is 5.07. The van der Waals surface area contributed by atoms with Crippen molar-refractivity contribution in [1.82, 2.24) is 4.90 Å². The summed E-state index contributed by atoms with van der Waals surface area (Å²) in [5.74, 6) is -0.149. The van der Waals surface area contributed by atoms with E-state index in [1.165, 1.54) is 12.1 Å². The van der Waals surface area contributed by atoms with Gasteiger partial charge in [0.15, 0.2) is 9.84 Å². The molecule has 0 spiro atoms. The molecule has 0 radical (unpaired) electrons. The first-order chi connectivity index (χ1) is 8.48. The minimum Gasteiger partial charge on any atom is -0.378 e. The lowest BCUT2D eigenvalue weighted by Crippen LogP contribution is -2.40. The van der Waals surface area contributed by atoms with Crippen LogP contribution >= 0.6 is 0 Å². The zero-order valence-electron chi connectivity index (χ0n) is 10.1. The van der Waals surface area contributed by atoms with E-state index in [0.29, 0.717) is 31.9 Å². The molecule has 1 saturated heterocycles. The topological polar surface area (TPSA) is 63.7 Å². The Morgan fingerprint density at radius 2 is 1.94 bits per heavy atom. The fraction of sp³-hybridized carbons (Fsp3) is 0.417. The Balaban J connectivity index is 2.25. The average molecular weight is 269 g/mol. The Morgan fingerprint density at radius 3 is 2.56 bits per heavy atom. The van der Waals surface area contributed by atoms with Crippen molar-refractivity contribution in [2.24, 2.45) is 0 Å². The van der Waals surface area contributed by atoms with Crippen LogP contribution in [0.2, 0.25) is 0 Å². The SMILES string of the molecule is CS(=O)(=O)c1cccc(C(=O)N2CCOCC2)c1. The van der Waals surface area contributed by atoms with Gasteiger partial charge in [-0.25, -0.2) is 8.42 Å². The van der Waals surface area contributed by atoms with Crippen LogP contribution in [0.3, 0.4) is 0 Å². The molecule has 6 heteroatoms. The molecule has 1 amide bonds. The molecule has 5 nitrogen and oxygen atoms in total. The van der Waals surface area contributed by atoms with Gasteiger partial charge in [-0.2, -0.15) is 0 Å². The number of morpholine rings is 1. The van der Waals surface area contributed by atoms with Crippen LogP contribution in [0, 0.1) is 0 Å². The van der Waals surface area contributed by atoms with Gasteiger partial charge < -0.3 is 9.64 Å². The number of sulfone groups is 1. The van der Waals surface area contributed by atoms with E-state index in [1.807, 2.05) is 0 Å². The van der Waals surface area contributed by atoms with E-state index in [1.54, 1.807) is 17.0 Å². The summed E-state index contributed by atoms with van der Waals surface area (Å²) < 4.78 is 28.1. The smallest absolute Gasteiger partial charge is 0.254 e. The maximum atomic E-state index is 12.2. The van der Waals surface area contributed by atoms with Gasteiger partial charge in [0, 0.05) is 24.9 Å². The van der Waals surface area contributed by atoms with Gasteiger partial charge in [-0.1, -0.05) is 6.07 Å². The quantitative estimate of drug-likeness (QED) is 0.787. The molecule has 98 valence electrons. The van der Waals surface area contributed by atoms with Gasteiger partial charge in [0.25, 0.3) is 5.91 Å². The van der Waals surface area contributed by atoms with E-state index in [4.69, 9.17) is 4.74 Å². The van der Waals surface area contributed by atoms with E-state index in [2.05, 4.69) is 0 Å². The van der Waals surface area contributed by atoms with Gasteiger partial charge in [-0.05, 0) is 18.2 Å². The number of amides is 1. The summed E-state index contributed by atoms with van der Waals surface area (Å²) in [5.41, 5.74) is 0.403. The molecule has 1 aliphatic heterocycles. The predicted octanol–water partition coefficient (Wildman–Crippen LogP) is 0.562. The highest BCUT2D eigenvalue weighted by Gasteiger charge is 2.19. The molecule has 0 unspecified atom stereocenters. The maximum absolute atomic E-state index is 12.2. The maximum Gasteiger partial charge on any atom is 0.254 e. The summed E-state index contributed by atoms with van der Waals surface area (Å²) in [5, 5.41) is 0. The van der Waals surface area contributed by atoms with Crippen LogP contribution in [-0.4, -0.2) is 51.8 Å². The lowest BCUT2D eigenvalue weighted by Gasteiger charge is -2.26. The minimum absolute atomic E-state index is 0.149. The normalized spacial score (nSPS) is 16.6. The molecule has 1 aliphatic rings. The van der Waals surface area contributed by atoms with Crippen molar-refractivity contribution in [2.75, 3.05) is 32.6 Å².